The first kappa shape index (κ1) is 13.4. The Kier molecular flexibility index (Phi) is 3.69. The van der Waals surface area contributed by atoms with E-state index in [0.717, 1.165) is 11.6 Å². The van der Waals surface area contributed by atoms with Gasteiger partial charge in [0.2, 0.25) is 0 Å². The number of nitrogens with one attached hydrogen (secondary N) is 1. The van der Waals surface area contributed by atoms with E-state index < -0.39 is 17.7 Å². The Bertz CT molecular complexity index is 711. The van der Waals surface area contributed by atoms with Gasteiger partial charge in [-0.2, -0.15) is 0 Å². The van der Waals surface area contributed by atoms with Gasteiger partial charge in [0.15, 0.2) is 11.6 Å². The van der Waals surface area contributed by atoms with Crippen molar-refractivity contribution in [1.29, 1.82) is 0 Å². The molecule has 2 nitrogen and oxygen atoms in total. The maximum absolute atomic E-state index is 13.9. The van der Waals surface area contributed by atoms with E-state index in [1.165, 1.54) is 12.1 Å². The Morgan fingerprint density at radius 3 is 2.38 bits per heavy atom. The van der Waals surface area contributed by atoms with Gasteiger partial charge in [-0.05, 0) is 29.8 Å². The summed E-state index contributed by atoms with van der Waals surface area (Å²) in [7, 11) is 0. The molecule has 0 spiro atoms. The number of halogens is 2. The molecule has 106 valence electrons. The van der Waals surface area contributed by atoms with Gasteiger partial charge in [0, 0.05) is 0 Å². The lowest BCUT2D eigenvalue weighted by atomic mass is 10.0. The van der Waals surface area contributed by atoms with E-state index in [1.54, 1.807) is 18.4 Å². The lowest BCUT2D eigenvalue weighted by molar-refractivity contribution is 0.492. The molecule has 1 unspecified atom stereocenters. The number of benzene rings is 2. The molecule has 0 saturated carbocycles. The predicted octanol–water partition coefficient (Wildman–Crippen LogP) is 4.76. The molecule has 1 heterocycles. The van der Waals surface area contributed by atoms with Crippen LogP contribution in [0.1, 0.15) is 17.4 Å². The van der Waals surface area contributed by atoms with Crippen molar-refractivity contribution in [1.82, 2.24) is 0 Å². The number of anilines is 1. The zero-order valence-corrected chi connectivity index (χ0v) is 11.1. The summed E-state index contributed by atoms with van der Waals surface area (Å²) in [5.41, 5.74) is 0.997. The fraction of sp³-hybridized carbons (Fsp3) is 0.0588. The van der Waals surface area contributed by atoms with Gasteiger partial charge in [-0.1, -0.05) is 36.4 Å². The third-order valence-corrected chi connectivity index (χ3v) is 3.21. The van der Waals surface area contributed by atoms with E-state index in [-0.39, 0.29) is 5.69 Å². The van der Waals surface area contributed by atoms with Crippen molar-refractivity contribution in [3.05, 3.63) is 89.9 Å². The van der Waals surface area contributed by atoms with Gasteiger partial charge in [-0.15, -0.1) is 0 Å². The number of hydrogen-bond donors (Lipinski definition) is 1. The minimum atomic E-state index is -0.898. The molecule has 1 N–H and O–H groups in total. The second-order valence-electron chi connectivity index (χ2n) is 4.60. The molecule has 0 radical (unpaired) electrons. The summed E-state index contributed by atoms with van der Waals surface area (Å²) in [5, 5.41) is 3.00. The molecule has 0 saturated heterocycles. The maximum Gasteiger partial charge on any atom is 0.181 e. The van der Waals surface area contributed by atoms with E-state index in [2.05, 4.69) is 5.32 Å². The van der Waals surface area contributed by atoms with Crippen LogP contribution >= 0.6 is 0 Å². The Morgan fingerprint density at radius 2 is 1.67 bits per heavy atom. The summed E-state index contributed by atoms with van der Waals surface area (Å²) < 4.78 is 32.6. The Balaban J connectivity index is 1.99. The molecule has 3 rings (SSSR count). The second-order valence-corrected chi connectivity index (χ2v) is 4.60. The lowest BCUT2D eigenvalue weighted by Gasteiger charge is -2.19. The monoisotopic (exact) mass is 285 g/mol. The largest absolute Gasteiger partial charge is 0.467 e. The van der Waals surface area contributed by atoms with Gasteiger partial charge in [0.25, 0.3) is 0 Å². The third kappa shape index (κ3) is 2.79. The van der Waals surface area contributed by atoms with Crippen LogP contribution in [0.4, 0.5) is 14.5 Å². The molecule has 0 aliphatic rings. The van der Waals surface area contributed by atoms with Crippen LogP contribution in [0.5, 0.6) is 0 Å². The van der Waals surface area contributed by atoms with Crippen molar-refractivity contribution in [3.8, 4) is 0 Å². The lowest BCUT2D eigenvalue weighted by Crippen LogP contribution is -2.13. The van der Waals surface area contributed by atoms with Crippen LogP contribution in [0.15, 0.2) is 71.3 Å². The average Bonchev–Trinajstić information content (AvgIpc) is 3.04. The molecule has 21 heavy (non-hydrogen) atoms. The van der Waals surface area contributed by atoms with Crippen LogP contribution in [0, 0.1) is 11.6 Å². The highest BCUT2D eigenvalue weighted by atomic mass is 19.2. The van der Waals surface area contributed by atoms with Gasteiger partial charge in [0.05, 0.1) is 12.0 Å². The van der Waals surface area contributed by atoms with E-state index in [0.29, 0.717) is 5.76 Å². The van der Waals surface area contributed by atoms with Gasteiger partial charge >= 0.3 is 0 Å². The quantitative estimate of drug-likeness (QED) is 0.747. The van der Waals surface area contributed by atoms with Gasteiger partial charge in [-0.25, -0.2) is 8.78 Å². The molecular weight excluding hydrogens is 272 g/mol. The Labute approximate surface area is 121 Å². The summed E-state index contributed by atoms with van der Waals surface area (Å²) >= 11 is 0. The molecular formula is C17H13F2NO. The molecule has 0 aliphatic heterocycles. The fourth-order valence-electron chi connectivity index (χ4n) is 2.19. The minimum absolute atomic E-state index is 0.0975. The van der Waals surface area contributed by atoms with Crippen LogP contribution in [0.25, 0.3) is 0 Å². The van der Waals surface area contributed by atoms with E-state index in [9.17, 15) is 8.78 Å². The summed E-state index contributed by atoms with van der Waals surface area (Å²) in [6.45, 7) is 0. The van der Waals surface area contributed by atoms with Crippen molar-refractivity contribution in [2.24, 2.45) is 0 Å². The van der Waals surface area contributed by atoms with Crippen molar-refractivity contribution in [2.75, 3.05) is 5.32 Å². The number of furan rings is 1. The van der Waals surface area contributed by atoms with E-state index in [4.69, 9.17) is 4.42 Å². The summed E-state index contributed by atoms with van der Waals surface area (Å²) in [6.07, 6.45) is 1.55. The zero-order valence-electron chi connectivity index (χ0n) is 11.1. The van der Waals surface area contributed by atoms with E-state index in [1.807, 2.05) is 30.3 Å². The molecule has 2 aromatic carbocycles. The van der Waals surface area contributed by atoms with E-state index >= 15 is 0 Å². The molecule has 3 aromatic rings. The summed E-state index contributed by atoms with van der Waals surface area (Å²) in [4.78, 5) is 0. The first-order valence-corrected chi connectivity index (χ1v) is 6.54. The predicted molar refractivity (Wildman–Crippen MR) is 77.0 cm³/mol. The first-order chi connectivity index (χ1) is 10.3. The highest BCUT2D eigenvalue weighted by Gasteiger charge is 2.19. The van der Waals surface area contributed by atoms with Gasteiger partial charge in [-0.3, -0.25) is 0 Å². The molecule has 0 bridgehead atoms. The average molecular weight is 285 g/mol. The van der Waals surface area contributed by atoms with Crippen molar-refractivity contribution < 1.29 is 13.2 Å². The van der Waals surface area contributed by atoms with Gasteiger partial charge < -0.3 is 9.73 Å². The van der Waals surface area contributed by atoms with Crippen molar-refractivity contribution in [3.63, 3.8) is 0 Å². The SMILES string of the molecule is Fc1cccc(NC(c2ccccc2)c2ccco2)c1F. The highest BCUT2D eigenvalue weighted by molar-refractivity contribution is 5.49. The molecule has 0 aliphatic carbocycles. The van der Waals surface area contributed by atoms with Crippen LogP contribution in [0.3, 0.4) is 0 Å². The second kappa shape index (κ2) is 5.79. The molecule has 4 heteroatoms. The summed E-state index contributed by atoms with van der Waals surface area (Å²) in [6, 6.07) is 16.7. The topological polar surface area (TPSA) is 25.2 Å². The number of hydrogen-bond acceptors (Lipinski definition) is 2. The Morgan fingerprint density at radius 1 is 0.857 bits per heavy atom. The van der Waals surface area contributed by atoms with Crippen molar-refractivity contribution >= 4 is 5.69 Å². The van der Waals surface area contributed by atoms with Crippen molar-refractivity contribution in [2.45, 2.75) is 6.04 Å². The van der Waals surface area contributed by atoms with Crippen LogP contribution in [-0.2, 0) is 0 Å². The molecule has 0 amide bonds. The first-order valence-electron chi connectivity index (χ1n) is 6.54. The normalized spacial score (nSPS) is 12.1. The zero-order chi connectivity index (χ0) is 14.7. The van der Waals surface area contributed by atoms with Crippen LogP contribution in [-0.4, -0.2) is 0 Å². The molecule has 0 fully saturated rings. The fourth-order valence-corrected chi connectivity index (χ4v) is 2.19. The standard InChI is InChI=1S/C17H13F2NO/c18-13-8-4-9-14(16(13)19)20-17(15-10-5-11-21-15)12-6-2-1-3-7-12/h1-11,17,20H. The third-order valence-electron chi connectivity index (χ3n) is 3.21. The van der Waals surface area contributed by atoms with Crippen LogP contribution in [0.2, 0.25) is 0 Å². The molecule has 1 atom stereocenters. The highest BCUT2D eigenvalue weighted by Crippen LogP contribution is 2.28. The number of rotatable bonds is 4. The van der Waals surface area contributed by atoms with Gasteiger partial charge in [0.1, 0.15) is 11.8 Å². The summed E-state index contributed by atoms with van der Waals surface area (Å²) in [5.74, 6) is -1.15. The maximum atomic E-state index is 13.9. The smallest absolute Gasteiger partial charge is 0.181 e. The van der Waals surface area contributed by atoms with Crippen LogP contribution < -0.4 is 5.32 Å². The molecule has 1 aromatic heterocycles. The Hall–Kier alpha value is -2.62. The minimum Gasteiger partial charge on any atom is -0.467 e.